The van der Waals surface area contributed by atoms with E-state index in [1.54, 1.807) is 0 Å². The van der Waals surface area contributed by atoms with Crippen molar-refractivity contribution in [2.75, 3.05) is 4.90 Å². The van der Waals surface area contributed by atoms with Gasteiger partial charge in [-0.05, 0) is 116 Å². The quantitative estimate of drug-likeness (QED) is 0.176. The molecule has 0 saturated heterocycles. The molecule has 0 radical (unpaired) electrons. The SMILES string of the molecule is c1cc(-c2ccc3oc4ccccc4c3c2)cc(N(c2ccc(-c3ccc(-c4ccc5ccccc5c4)cc3)cc2)c2ccc3ccccc3c2)c1. The van der Waals surface area contributed by atoms with Crippen LogP contribution in [0.25, 0.3) is 76.9 Å². The molecular formula is C50H33NO. The molecule has 0 aliphatic rings. The van der Waals surface area contributed by atoms with E-state index in [-0.39, 0.29) is 0 Å². The van der Waals surface area contributed by atoms with Gasteiger partial charge < -0.3 is 9.32 Å². The summed E-state index contributed by atoms with van der Waals surface area (Å²) in [6.45, 7) is 0. The zero-order chi connectivity index (χ0) is 34.4. The predicted octanol–water partition coefficient (Wildman–Crippen LogP) is 14.4. The van der Waals surface area contributed by atoms with E-state index >= 15 is 0 Å². The Morgan fingerprint density at radius 1 is 0.269 bits per heavy atom. The summed E-state index contributed by atoms with van der Waals surface area (Å²) in [5, 5.41) is 7.22. The average molecular weight is 664 g/mol. The molecule has 0 fully saturated rings. The molecule has 10 rings (SSSR count). The summed E-state index contributed by atoms with van der Waals surface area (Å²) in [4.78, 5) is 2.36. The molecule has 0 unspecified atom stereocenters. The van der Waals surface area contributed by atoms with E-state index in [1.165, 1.54) is 43.8 Å². The van der Waals surface area contributed by atoms with Gasteiger partial charge in [0.15, 0.2) is 0 Å². The van der Waals surface area contributed by atoms with Crippen molar-refractivity contribution in [1.29, 1.82) is 0 Å². The maximum absolute atomic E-state index is 6.13. The first-order valence-corrected chi connectivity index (χ1v) is 17.7. The molecular weight excluding hydrogens is 631 g/mol. The third kappa shape index (κ3) is 5.39. The minimum atomic E-state index is 0.905. The second kappa shape index (κ2) is 12.5. The maximum atomic E-state index is 6.13. The summed E-state index contributed by atoms with van der Waals surface area (Å²) in [5.74, 6) is 0. The molecule has 2 heteroatoms. The number of hydrogen-bond donors (Lipinski definition) is 0. The number of fused-ring (bicyclic) bond motifs is 5. The van der Waals surface area contributed by atoms with Crippen molar-refractivity contribution in [2.24, 2.45) is 0 Å². The van der Waals surface area contributed by atoms with Crippen LogP contribution in [0.2, 0.25) is 0 Å². The van der Waals surface area contributed by atoms with Gasteiger partial charge in [0.05, 0.1) is 0 Å². The molecule has 10 aromatic rings. The molecule has 52 heavy (non-hydrogen) atoms. The van der Waals surface area contributed by atoms with Crippen LogP contribution < -0.4 is 4.90 Å². The maximum Gasteiger partial charge on any atom is 0.135 e. The lowest BCUT2D eigenvalue weighted by Crippen LogP contribution is -2.10. The highest BCUT2D eigenvalue weighted by molar-refractivity contribution is 6.06. The molecule has 0 amide bonds. The van der Waals surface area contributed by atoms with Gasteiger partial charge in [0.2, 0.25) is 0 Å². The van der Waals surface area contributed by atoms with Crippen LogP contribution in [-0.2, 0) is 0 Å². The van der Waals surface area contributed by atoms with Crippen molar-refractivity contribution in [3.8, 4) is 33.4 Å². The standard InChI is InChI=1S/C50H33NO/c1-3-10-39-30-42(21-20-34(39)8-1)38-18-16-36(17-19-38)37-22-26-44(27-23-37)51(46-28-24-35-9-2-4-11-40(35)31-46)45-13-7-12-41(32-45)43-25-29-50-48(33-43)47-14-5-6-15-49(47)52-50/h1-33H. The Kier molecular flexibility index (Phi) is 7.18. The summed E-state index contributed by atoms with van der Waals surface area (Å²) in [6, 6.07) is 71.9. The molecule has 0 aliphatic carbocycles. The van der Waals surface area contributed by atoms with Crippen molar-refractivity contribution < 1.29 is 4.42 Å². The average Bonchev–Trinajstić information content (AvgIpc) is 3.59. The number of rotatable bonds is 6. The normalized spacial score (nSPS) is 11.5. The van der Waals surface area contributed by atoms with Gasteiger partial charge in [-0.3, -0.25) is 0 Å². The molecule has 2 nitrogen and oxygen atoms in total. The lowest BCUT2D eigenvalue weighted by molar-refractivity contribution is 0.669. The van der Waals surface area contributed by atoms with Gasteiger partial charge in [-0.2, -0.15) is 0 Å². The van der Waals surface area contributed by atoms with E-state index in [9.17, 15) is 0 Å². The van der Waals surface area contributed by atoms with Gasteiger partial charge in [-0.1, -0.05) is 140 Å². The second-order valence-electron chi connectivity index (χ2n) is 13.4. The summed E-state index contributed by atoms with van der Waals surface area (Å²) in [5.41, 5.74) is 12.2. The minimum absolute atomic E-state index is 0.905. The van der Waals surface area contributed by atoms with Gasteiger partial charge in [0.25, 0.3) is 0 Å². The first-order chi connectivity index (χ1) is 25.7. The van der Waals surface area contributed by atoms with Crippen molar-refractivity contribution in [2.45, 2.75) is 0 Å². The lowest BCUT2D eigenvalue weighted by Gasteiger charge is -2.26. The largest absolute Gasteiger partial charge is 0.456 e. The van der Waals surface area contributed by atoms with Crippen LogP contribution in [0.3, 0.4) is 0 Å². The van der Waals surface area contributed by atoms with Gasteiger partial charge in [0, 0.05) is 27.8 Å². The monoisotopic (exact) mass is 663 g/mol. The molecule has 9 aromatic carbocycles. The Bertz CT molecular complexity index is 2900. The zero-order valence-corrected chi connectivity index (χ0v) is 28.4. The molecule has 1 heterocycles. The van der Waals surface area contributed by atoms with Crippen LogP contribution in [0.5, 0.6) is 0 Å². The minimum Gasteiger partial charge on any atom is -0.456 e. The predicted molar refractivity (Wildman–Crippen MR) is 220 cm³/mol. The van der Waals surface area contributed by atoms with Crippen molar-refractivity contribution >= 4 is 60.5 Å². The van der Waals surface area contributed by atoms with E-state index in [0.29, 0.717) is 0 Å². The van der Waals surface area contributed by atoms with Crippen LogP contribution in [0.15, 0.2) is 205 Å². The first-order valence-electron chi connectivity index (χ1n) is 17.7. The fourth-order valence-electron chi connectivity index (χ4n) is 7.52. The number of anilines is 3. The van der Waals surface area contributed by atoms with Crippen LogP contribution in [0, 0.1) is 0 Å². The molecule has 0 bridgehead atoms. The smallest absolute Gasteiger partial charge is 0.135 e. The van der Waals surface area contributed by atoms with E-state index in [4.69, 9.17) is 4.42 Å². The van der Waals surface area contributed by atoms with Crippen LogP contribution in [0.4, 0.5) is 17.1 Å². The van der Waals surface area contributed by atoms with Crippen LogP contribution in [0.1, 0.15) is 0 Å². The van der Waals surface area contributed by atoms with E-state index in [1.807, 2.05) is 12.1 Å². The molecule has 0 spiro atoms. The summed E-state index contributed by atoms with van der Waals surface area (Å²) in [6.07, 6.45) is 0. The Balaban J connectivity index is 1.02. The summed E-state index contributed by atoms with van der Waals surface area (Å²) >= 11 is 0. The van der Waals surface area contributed by atoms with Gasteiger partial charge in [-0.15, -0.1) is 0 Å². The van der Waals surface area contributed by atoms with E-state index < -0.39 is 0 Å². The van der Waals surface area contributed by atoms with E-state index in [0.717, 1.165) is 50.1 Å². The van der Waals surface area contributed by atoms with Crippen molar-refractivity contribution in [3.05, 3.63) is 200 Å². The highest BCUT2D eigenvalue weighted by atomic mass is 16.3. The first kappa shape index (κ1) is 30.0. The van der Waals surface area contributed by atoms with E-state index in [2.05, 4.69) is 193 Å². The molecule has 0 atom stereocenters. The molecule has 0 saturated carbocycles. The Hall–Kier alpha value is -6.90. The third-order valence-corrected chi connectivity index (χ3v) is 10.2. The highest BCUT2D eigenvalue weighted by Gasteiger charge is 2.16. The lowest BCUT2D eigenvalue weighted by atomic mass is 9.98. The Morgan fingerprint density at radius 3 is 1.54 bits per heavy atom. The molecule has 1 aromatic heterocycles. The van der Waals surface area contributed by atoms with Crippen LogP contribution in [-0.4, -0.2) is 0 Å². The molecule has 0 N–H and O–H groups in total. The third-order valence-electron chi connectivity index (χ3n) is 10.2. The Morgan fingerprint density at radius 2 is 0.769 bits per heavy atom. The number of furan rings is 1. The van der Waals surface area contributed by atoms with Gasteiger partial charge in [-0.25, -0.2) is 0 Å². The number of benzene rings is 9. The topological polar surface area (TPSA) is 16.4 Å². The summed E-state index contributed by atoms with van der Waals surface area (Å²) in [7, 11) is 0. The fourth-order valence-corrected chi connectivity index (χ4v) is 7.52. The molecule has 244 valence electrons. The number of nitrogens with zero attached hydrogens (tertiary/aromatic N) is 1. The van der Waals surface area contributed by atoms with Gasteiger partial charge in [0.1, 0.15) is 11.2 Å². The number of hydrogen-bond acceptors (Lipinski definition) is 2. The van der Waals surface area contributed by atoms with Crippen LogP contribution >= 0.6 is 0 Å². The Labute approximate surface area is 302 Å². The second-order valence-corrected chi connectivity index (χ2v) is 13.4. The zero-order valence-electron chi connectivity index (χ0n) is 28.4. The highest BCUT2D eigenvalue weighted by Crippen LogP contribution is 2.40. The molecule has 0 aliphatic heterocycles. The van der Waals surface area contributed by atoms with Crippen molar-refractivity contribution in [3.63, 3.8) is 0 Å². The van der Waals surface area contributed by atoms with Gasteiger partial charge >= 0.3 is 0 Å². The number of para-hydroxylation sites is 1. The van der Waals surface area contributed by atoms with Crippen molar-refractivity contribution in [1.82, 2.24) is 0 Å². The fraction of sp³-hybridized carbons (Fsp3) is 0. The summed E-state index contributed by atoms with van der Waals surface area (Å²) < 4.78 is 6.13.